The van der Waals surface area contributed by atoms with Crippen LogP contribution in [0.5, 0.6) is 0 Å². The molecule has 0 bridgehead atoms. The Morgan fingerprint density at radius 2 is 1.80 bits per heavy atom. The fourth-order valence-electron chi connectivity index (χ4n) is 3.78. The molecule has 0 saturated carbocycles. The first-order valence-electron chi connectivity index (χ1n) is 11.0. The number of aromatic nitrogens is 3. The molecular formula is C24H26N6O3S2. The molecule has 0 radical (unpaired) electrons. The summed E-state index contributed by atoms with van der Waals surface area (Å²) < 4.78 is 2.46. The van der Waals surface area contributed by atoms with Crippen molar-refractivity contribution in [2.24, 2.45) is 7.05 Å². The second-order valence-electron chi connectivity index (χ2n) is 8.20. The van der Waals surface area contributed by atoms with E-state index in [4.69, 9.17) is 0 Å². The molecule has 182 valence electrons. The highest BCUT2D eigenvalue weighted by Crippen LogP contribution is 2.37. The van der Waals surface area contributed by atoms with Gasteiger partial charge in [0.1, 0.15) is 0 Å². The van der Waals surface area contributed by atoms with Crippen molar-refractivity contribution in [2.75, 3.05) is 31.5 Å². The Morgan fingerprint density at radius 3 is 2.46 bits per heavy atom. The van der Waals surface area contributed by atoms with Crippen LogP contribution in [-0.2, 0) is 11.8 Å². The number of rotatable bonds is 6. The van der Waals surface area contributed by atoms with E-state index >= 15 is 0 Å². The van der Waals surface area contributed by atoms with Gasteiger partial charge in [-0.1, -0.05) is 35.7 Å². The van der Waals surface area contributed by atoms with Gasteiger partial charge < -0.3 is 9.80 Å². The van der Waals surface area contributed by atoms with E-state index in [0.29, 0.717) is 42.4 Å². The van der Waals surface area contributed by atoms with Crippen LogP contribution in [0.1, 0.15) is 31.8 Å². The van der Waals surface area contributed by atoms with Crippen molar-refractivity contribution in [1.29, 1.82) is 0 Å². The third-order valence-electron chi connectivity index (χ3n) is 5.69. The van der Waals surface area contributed by atoms with Crippen molar-refractivity contribution in [3.8, 4) is 0 Å². The SMILES string of the molecule is C=CC(=O)N1CCN(C(=O)c2cc(Sc3cnc(NC(=O)c4cnn(C)c4)s3)c(C)cc2C)CC1. The molecule has 3 amide bonds. The molecule has 4 rings (SSSR count). The van der Waals surface area contributed by atoms with Crippen LogP contribution in [0.25, 0.3) is 0 Å². The van der Waals surface area contributed by atoms with E-state index < -0.39 is 0 Å². The summed E-state index contributed by atoms with van der Waals surface area (Å²) in [6.07, 6.45) is 6.17. The van der Waals surface area contributed by atoms with Crippen LogP contribution >= 0.6 is 23.1 Å². The van der Waals surface area contributed by atoms with Crippen molar-refractivity contribution >= 4 is 46.0 Å². The molecular weight excluding hydrogens is 484 g/mol. The van der Waals surface area contributed by atoms with Gasteiger partial charge in [-0.3, -0.25) is 24.4 Å². The largest absolute Gasteiger partial charge is 0.336 e. The maximum Gasteiger partial charge on any atom is 0.260 e. The zero-order chi connectivity index (χ0) is 25.1. The highest BCUT2D eigenvalue weighted by molar-refractivity contribution is 8.01. The summed E-state index contributed by atoms with van der Waals surface area (Å²) in [6.45, 7) is 9.45. The Morgan fingerprint density at radius 1 is 1.09 bits per heavy atom. The smallest absolute Gasteiger partial charge is 0.260 e. The third-order valence-corrected chi connectivity index (χ3v) is 7.86. The topological polar surface area (TPSA) is 100 Å². The van der Waals surface area contributed by atoms with Gasteiger partial charge in [-0.2, -0.15) is 5.10 Å². The number of carbonyl (C=O) groups excluding carboxylic acids is 3. The lowest BCUT2D eigenvalue weighted by molar-refractivity contribution is -0.127. The first-order chi connectivity index (χ1) is 16.7. The number of nitrogens with zero attached hydrogens (tertiary/aromatic N) is 5. The Balaban J connectivity index is 1.45. The zero-order valence-corrected chi connectivity index (χ0v) is 21.4. The average molecular weight is 511 g/mol. The number of aryl methyl sites for hydroxylation is 3. The number of carbonyl (C=O) groups is 3. The van der Waals surface area contributed by atoms with E-state index in [2.05, 4.69) is 22.0 Å². The van der Waals surface area contributed by atoms with Crippen molar-refractivity contribution in [1.82, 2.24) is 24.6 Å². The standard InChI is InChI=1S/C24H26N6O3S2/c1-5-20(31)29-6-8-30(9-7-29)23(33)18-11-19(16(3)10-15(18)2)34-21-13-25-24(35-21)27-22(32)17-12-26-28(4)14-17/h5,10-14H,1,6-9H2,2-4H3,(H,25,27,32). The number of anilines is 1. The van der Waals surface area contributed by atoms with Crippen LogP contribution in [0.15, 0.2) is 52.5 Å². The van der Waals surface area contributed by atoms with E-state index in [-0.39, 0.29) is 17.7 Å². The Kier molecular flexibility index (Phi) is 7.37. The Bertz CT molecular complexity index is 1290. The van der Waals surface area contributed by atoms with Crippen LogP contribution in [0.2, 0.25) is 0 Å². The number of thiazole rings is 1. The molecule has 11 heteroatoms. The van der Waals surface area contributed by atoms with Crippen LogP contribution in [-0.4, -0.2) is 68.5 Å². The quantitative estimate of drug-likeness (QED) is 0.511. The predicted octanol–water partition coefficient (Wildman–Crippen LogP) is 3.37. The molecule has 0 atom stereocenters. The minimum atomic E-state index is -0.265. The molecule has 0 spiro atoms. The van der Waals surface area contributed by atoms with E-state index in [1.807, 2.05) is 26.0 Å². The number of hydrogen-bond acceptors (Lipinski definition) is 7. The summed E-state index contributed by atoms with van der Waals surface area (Å²) in [5.41, 5.74) is 3.08. The van der Waals surface area contributed by atoms with Gasteiger partial charge >= 0.3 is 0 Å². The molecule has 1 aliphatic heterocycles. The summed E-state index contributed by atoms with van der Waals surface area (Å²) in [4.78, 5) is 46.2. The summed E-state index contributed by atoms with van der Waals surface area (Å²) in [6, 6.07) is 3.94. The second-order valence-corrected chi connectivity index (χ2v) is 10.6. The maximum absolute atomic E-state index is 13.3. The molecule has 9 nitrogen and oxygen atoms in total. The van der Waals surface area contributed by atoms with Gasteiger partial charge in [0.25, 0.3) is 11.8 Å². The first-order valence-corrected chi connectivity index (χ1v) is 12.6. The van der Waals surface area contributed by atoms with Crippen molar-refractivity contribution < 1.29 is 14.4 Å². The first kappa shape index (κ1) is 24.7. The number of nitrogens with one attached hydrogen (secondary N) is 1. The minimum absolute atomic E-state index is 0.0382. The zero-order valence-electron chi connectivity index (χ0n) is 19.8. The highest BCUT2D eigenvalue weighted by Gasteiger charge is 2.25. The minimum Gasteiger partial charge on any atom is -0.336 e. The summed E-state index contributed by atoms with van der Waals surface area (Å²) in [5, 5.41) is 7.30. The van der Waals surface area contributed by atoms with Gasteiger partial charge in [0.2, 0.25) is 5.91 Å². The van der Waals surface area contributed by atoms with Gasteiger partial charge in [0.15, 0.2) is 5.13 Å². The van der Waals surface area contributed by atoms with Gasteiger partial charge in [-0.25, -0.2) is 4.98 Å². The van der Waals surface area contributed by atoms with Crippen molar-refractivity contribution in [3.05, 3.63) is 65.6 Å². The summed E-state index contributed by atoms with van der Waals surface area (Å²) in [7, 11) is 1.75. The molecule has 2 aromatic heterocycles. The monoisotopic (exact) mass is 510 g/mol. The predicted molar refractivity (Wildman–Crippen MR) is 136 cm³/mol. The molecule has 3 heterocycles. The molecule has 3 aromatic rings. The molecule has 1 N–H and O–H groups in total. The summed E-state index contributed by atoms with van der Waals surface area (Å²) in [5.74, 6) is -0.412. The lowest BCUT2D eigenvalue weighted by Gasteiger charge is -2.34. The maximum atomic E-state index is 13.3. The molecule has 0 aliphatic carbocycles. The molecule has 0 unspecified atom stereocenters. The highest BCUT2D eigenvalue weighted by atomic mass is 32.2. The molecule has 1 fully saturated rings. The Labute approximate surface area is 211 Å². The second kappa shape index (κ2) is 10.4. The normalized spacial score (nSPS) is 13.6. The van der Waals surface area contributed by atoms with Crippen LogP contribution in [0.4, 0.5) is 5.13 Å². The Hall–Kier alpha value is -3.44. The van der Waals surface area contributed by atoms with E-state index in [9.17, 15) is 14.4 Å². The summed E-state index contributed by atoms with van der Waals surface area (Å²) >= 11 is 2.88. The van der Waals surface area contributed by atoms with Crippen molar-refractivity contribution in [2.45, 2.75) is 23.0 Å². The fourth-order valence-corrected chi connectivity index (χ4v) is 5.72. The van der Waals surface area contributed by atoms with Crippen LogP contribution in [0, 0.1) is 13.8 Å². The lowest BCUT2D eigenvalue weighted by atomic mass is 10.0. The van der Waals surface area contributed by atoms with Gasteiger partial charge in [-0.05, 0) is 37.1 Å². The average Bonchev–Trinajstić information content (AvgIpc) is 3.48. The lowest BCUT2D eigenvalue weighted by Crippen LogP contribution is -2.50. The molecule has 1 saturated heterocycles. The van der Waals surface area contributed by atoms with Crippen LogP contribution < -0.4 is 5.32 Å². The van der Waals surface area contributed by atoms with Gasteiger partial charge in [-0.15, -0.1) is 0 Å². The molecule has 1 aromatic carbocycles. The van der Waals surface area contributed by atoms with E-state index in [0.717, 1.165) is 20.2 Å². The van der Waals surface area contributed by atoms with Gasteiger partial charge in [0, 0.05) is 49.9 Å². The van der Waals surface area contributed by atoms with E-state index in [1.54, 1.807) is 33.9 Å². The number of amides is 3. The molecule has 35 heavy (non-hydrogen) atoms. The van der Waals surface area contributed by atoms with Gasteiger partial charge in [0.05, 0.1) is 22.2 Å². The number of hydrogen-bond donors (Lipinski definition) is 1. The fraction of sp³-hybridized carbons (Fsp3) is 0.292. The molecule has 1 aliphatic rings. The number of piperazine rings is 1. The van der Waals surface area contributed by atoms with Crippen molar-refractivity contribution in [3.63, 3.8) is 0 Å². The number of benzene rings is 1. The third kappa shape index (κ3) is 5.63. The van der Waals surface area contributed by atoms with Crippen LogP contribution in [0.3, 0.4) is 0 Å². The van der Waals surface area contributed by atoms with E-state index in [1.165, 1.54) is 35.4 Å².